The van der Waals surface area contributed by atoms with Crippen LogP contribution in [0, 0.1) is 18.3 Å². The number of rotatable bonds is 23. The zero-order valence-electron chi connectivity index (χ0n) is 43.4. The number of amides is 3. The average Bonchev–Trinajstić information content (AvgIpc) is 3.95. The van der Waals surface area contributed by atoms with Gasteiger partial charge < -0.3 is 28.5 Å². The third-order valence-corrected chi connectivity index (χ3v) is 25.3. The Labute approximate surface area is 413 Å². The molecular weight excluding hydrogens is 903 g/mol. The number of ether oxygens (including phenoxy) is 2. The molecule has 1 saturated carbocycles. The van der Waals surface area contributed by atoms with Crippen molar-refractivity contribution in [3.8, 4) is 5.75 Å². The molecule has 0 radical (unpaired) electrons. The molecule has 14 heteroatoms. The highest BCUT2D eigenvalue weighted by atomic mass is 28.4. The summed E-state index contributed by atoms with van der Waals surface area (Å²) in [5.41, 5.74) is 4.90. The highest BCUT2D eigenvalue weighted by molar-refractivity contribution is 6.78. The van der Waals surface area contributed by atoms with E-state index in [1.165, 1.54) is 6.08 Å². The predicted octanol–water partition coefficient (Wildman–Crippen LogP) is 11.5. The molecule has 2 fully saturated rings. The van der Waals surface area contributed by atoms with Crippen LogP contribution in [0.25, 0.3) is 0 Å². The first-order valence-corrected chi connectivity index (χ1v) is 29.8. The lowest BCUT2D eigenvalue weighted by Crippen LogP contribution is -2.50. The number of aryl methyl sites for hydroxylation is 1. The zero-order chi connectivity index (χ0) is 50.9. The second kappa shape index (κ2) is 23.2. The normalized spacial score (nSPS) is 16.1. The number of benzene rings is 3. The molecule has 12 nitrogen and oxygen atoms in total. The number of nitrogens with one attached hydrogen (secondary N) is 2. The number of likely N-dealkylation sites (tertiary alicyclic amines) is 1. The van der Waals surface area contributed by atoms with Crippen molar-refractivity contribution in [1.82, 2.24) is 10.2 Å². The molecule has 1 spiro atoms. The molecule has 2 atom stereocenters. The zero-order valence-corrected chi connectivity index (χ0v) is 45.4. The largest absolute Gasteiger partial charge is 0.542 e. The molecule has 3 aromatic carbocycles. The van der Waals surface area contributed by atoms with E-state index in [0.717, 1.165) is 36.0 Å². The summed E-state index contributed by atoms with van der Waals surface area (Å²) in [4.78, 5) is 69.3. The lowest BCUT2D eigenvalue weighted by Gasteiger charge is -2.42. The second-order valence-corrected chi connectivity index (χ2v) is 32.1. The maximum Gasteiger partial charge on any atom is 0.411 e. The van der Waals surface area contributed by atoms with Crippen LogP contribution in [-0.2, 0) is 47.7 Å². The lowest BCUT2D eigenvalue weighted by atomic mass is 9.95. The minimum Gasteiger partial charge on any atom is -0.542 e. The molecule has 5 rings (SSSR count). The Bertz CT molecular complexity index is 2260. The third-order valence-electron chi connectivity index (χ3n) is 14.8. The van der Waals surface area contributed by atoms with Crippen LogP contribution in [0.3, 0.4) is 0 Å². The van der Waals surface area contributed by atoms with Crippen molar-refractivity contribution in [3.63, 3.8) is 0 Å². The Hall–Kier alpha value is -5.06. The molecule has 3 aromatic rings. The van der Waals surface area contributed by atoms with Gasteiger partial charge in [-0.05, 0) is 101 Å². The summed E-state index contributed by atoms with van der Waals surface area (Å²) in [5.74, 6) is -1.34. The summed E-state index contributed by atoms with van der Waals surface area (Å²) in [6.07, 6.45) is 4.08. The van der Waals surface area contributed by atoms with Crippen LogP contribution in [0.5, 0.6) is 5.75 Å². The van der Waals surface area contributed by atoms with Gasteiger partial charge >= 0.3 is 12.1 Å². The van der Waals surface area contributed by atoms with E-state index in [-0.39, 0.29) is 60.8 Å². The van der Waals surface area contributed by atoms with Crippen LogP contribution in [0.4, 0.5) is 10.5 Å². The molecule has 1 aliphatic heterocycles. The van der Waals surface area contributed by atoms with E-state index in [9.17, 15) is 24.0 Å². The van der Waals surface area contributed by atoms with Crippen LogP contribution in [0.15, 0.2) is 79.4 Å². The number of carbonyl (C=O) groups is 5. The molecule has 2 N–H and O–H groups in total. The highest BCUT2D eigenvalue weighted by Gasteiger charge is 2.54. The standard InChI is InChI=1S/C55H79N3O9Si2/c1-14-26-64-50(60)30-44(28-41-18-16-15-17-19-41)51(61)56-33-46(59)29-42-20-22-43(23-21-42)34-65-53(63)57-48-31-49(67-69(37(2)3,38(4)5)39(6)7)40(8)27-47(48)52(62)58-36-55(24-25-55)32-45(58)35-66-68(12,13)54(9,10)11/h14-23,27,31,37-39,44-45H,1,24-26,28-30,32-36H2,2-13H3,(H,56,61)(H,57,63)/t44-,45+/m1/s1. The van der Waals surface area contributed by atoms with Crippen LogP contribution < -0.4 is 15.1 Å². The van der Waals surface area contributed by atoms with Gasteiger partial charge in [-0.3, -0.25) is 24.5 Å². The van der Waals surface area contributed by atoms with Gasteiger partial charge in [0, 0.05) is 19.0 Å². The number of hydrogen-bond donors (Lipinski definition) is 2. The fourth-order valence-corrected chi connectivity index (χ4v) is 16.0. The Morgan fingerprint density at radius 1 is 0.870 bits per heavy atom. The predicted molar refractivity (Wildman–Crippen MR) is 278 cm³/mol. The summed E-state index contributed by atoms with van der Waals surface area (Å²) < 4.78 is 24.8. The minimum atomic E-state index is -2.42. The Kier molecular flexibility index (Phi) is 18.5. The molecule has 0 bridgehead atoms. The fourth-order valence-electron chi connectivity index (χ4n) is 9.63. The molecule has 0 aromatic heterocycles. The maximum absolute atomic E-state index is 14.9. The number of nitrogens with zero attached hydrogens (tertiary/aromatic N) is 1. The highest BCUT2D eigenvalue weighted by Crippen LogP contribution is 2.55. The van der Waals surface area contributed by atoms with Gasteiger partial charge in [0.05, 0.1) is 42.8 Å². The van der Waals surface area contributed by atoms with Gasteiger partial charge in [-0.25, -0.2) is 4.79 Å². The van der Waals surface area contributed by atoms with Crippen molar-refractivity contribution < 1.29 is 42.3 Å². The van der Waals surface area contributed by atoms with Crippen molar-refractivity contribution in [2.45, 2.75) is 155 Å². The van der Waals surface area contributed by atoms with Gasteiger partial charge in [0.15, 0.2) is 14.1 Å². The molecule has 376 valence electrons. The van der Waals surface area contributed by atoms with E-state index in [1.807, 2.05) is 54.3 Å². The van der Waals surface area contributed by atoms with Crippen molar-refractivity contribution in [2.24, 2.45) is 11.3 Å². The molecule has 69 heavy (non-hydrogen) atoms. The van der Waals surface area contributed by atoms with Crippen molar-refractivity contribution >= 4 is 52.0 Å². The van der Waals surface area contributed by atoms with E-state index in [0.29, 0.717) is 58.8 Å². The van der Waals surface area contributed by atoms with Crippen LogP contribution in [-0.4, -0.2) is 83.5 Å². The molecular formula is C55H79N3O9Si2. The number of Topliss-reactive ketones (excluding diaryl/α,β-unsaturated/α-hetero) is 1. The SMILES string of the molecule is C=CCOC(=O)C[C@@H](Cc1ccccc1)C(=O)NCC(=O)Cc1ccc(COC(=O)Nc2cc(O[Si](C(C)C)(C(C)C)C(C)C)c(C)cc2C(=O)N2CC3(CC3)C[C@H]2CO[Si](C)(C)C(C)(C)C)cc1. The number of ketones is 1. The molecule has 0 unspecified atom stereocenters. The van der Waals surface area contributed by atoms with E-state index in [2.05, 4.69) is 92.6 Å². The molecule has 1 heterocycles. The van der Waals surface area contributed by atoms with E-state index < -0.39 is 40.5 Å². The van der Waals surface area contributed by atoms with Gasteiger partial charge in [0.1, 0.15) is 19.0 Å². The quantitative estimate of drug-likeness (QED) is 0.0538. The number of anilines is 1. The van der Waals surface area contributed by atoms with Crippen LogP contribution >= 0.6 is 0 Å². The topological polar surface area (TPSA) is 150 Å². The van der Waals surface area contributed by atoms with Crippen molar-refractivity contribution in [1.29, 1.82) is 0 Å². The number of hydrogen-bond acceptors (Lipinski definition) is 9. The molecule has 1 aliphatic carbocycles. The van der Waals surface area contributed by atoms with Crippen LogP contribution in [0.2, 0.25) is 34.8 Å². The van der Waals surface area contributed by atoms with Crippen molar-refractivity contribution in [2.75, 3.05) is 31.6 Å². The number of esters is 1. The first-order chi connectivity index (χ1) is 32.4. The average molecular weight is 982 g/mol. The Morgan fingerprint density at radius 2 is 1.49 bits per heavy atom. The molecule has 2 aliphatic rings. The van der Waals surface area contributed by atoms with Crippen molar-refractivity contribution in [3.05, 3.63) is 107 Å². The lowest BCUT2D eigenvalue weighted by molar-refractivity contribution is -0.145. The van der Waals surface area contributed by atoms with E-state index >= 15 is 0 Å². The summed E-state index contributed by atoms with van der Waals surface area (Å²) in [7, 11) is -4.51. The van der Waals surface area contributed by atoms with Gasteiger partial charge in [-0.2, -0.15) is 0 Å². The molecule has 3 amide bonds. The third kappa shape index (κ3) is 14.3. The minimum absolute atomic E-state index is 0.0325. The van der Waals surface area contributed by atoms with Gasteiger partial charge in [-0.15, -0.1) is 0 Å². The summed E-state index contributed by atoms with van der Waals surface area (Å²) >= 11 is 0. The first-order valence-electron chi connectivity index (χ1n) is 24.8. The van der Waals surface area contributed by atoms with Gasteiger partial charge in [0.25, 0.3) is 14.2 Å². The summed E-state index contributed by atoms with van der Waals surface area (Å²) in [6.45, 7) is 31.0. The van der Waals surface area contributed by atoms with Gasteiger partial charge in [-0.1, -0.05) is 130 Å². The maximum atomic E-state index is 14.9. The Balaban J connectivity index is 1.28. The van der Waals surface area contributed by atoms with E-state index in [4.69, 9.17) is 18.3 Å². The Morgan fingerprint density at radius 3 is 2.07 bits per heavy atom. The van der Waals surface area contributed by atoms with Gasteiger partial charge in [0.2, 0.25) is 5.91 Å². The number of carbonyl (C=O) groups excluding carboxylic acids is 5. The first kappa shape index (κ1) is 54.9. The summed E-state index contributed by atoms with van der Waals surface area (Å²) in [6, 6.07) is 20.1. The smallest absolute Gasteiger partial charge is 0.411 e. The summed E-state index contributed by atoms with van der Waals surface area (Å²) in [5, 5.41) is 5.70. The fraction of sp³-hybridized carbons (Fsp3) is 0.545. The molecule has 1 saturated heterocycles. The van der Waals surface area contributed by atoms with Crippen LogP contribution in [0.1, 0.15) is 121 Å². The van der Waals surface area contributed by atoms with E-state index in [1.54, 1.807) is 24.3 Å². The second-order valence-electron chi connectivity index (χ2n) is 22.0. The monoisotopic (exact) mass is 982 g/mol.